The highest BCUT2D eigenvalue weighted by Crippen LogP contribution is 2.36. The van der Waals surface area contributed by atoms with E-state index in [1.165, 1.54) is 0 Å². The molecule has 1 aromatic heterocycles. The lowest BCUT2D eigenvalue weighted by molar-refractivity contribution is 0.171. The van der Waals surface area contributed by atoms with E-state index in [0.717, 1.165) is 33.1 Å². The number of ether oxygens (including phenoxy) is 2. The van der Waals surface area contributed by atoms with Gasteiger partial charge in [-0.05, 0) is 46.1 Å². The smallest absolute Gasteiger partial charge is 0.161 e. The lowest BCUT2D eigenvalue weighted by atomic mass is 9.93. The van der Waals surface area contributed by atoms with Crippen molar-refractivity contribution in [2.75, 3.05) is 19.8 Å². The number of nitrogens with one attached hydrogen (secondary N) is 1. The number of H-pyrrole nitrogens is 1. The lowest BCUT2D eigenvalue weighted by Crippen LogP contribution is -2.19. The van der Waals surface area contributed by atoms with E-state index in [4.69, 9.17) is 15.2 Å². The highest BCUT2D eigenvalue weighted by atomic mass is 79.9. The van der Waals surface area contributed by atoms with Crippen LogP contribution in [0.5, 0.6) is 11.5 Å². The van der Waals surface area contributed by atoms with Crippen LogP contribution >= 0.6 is 15.9 Å². The summed E-state index contributed by atoms with van der Waals surface area (Å²) < 4.78 is 12.1. The van der Waals surface area contributed by atoms with Crippen molar-refractivity contribution in [1.29, 1.82) is 0 Å². The number of nitrogens with two attached hydrogens (primary N) is 1. The molecule has 0 spiro atoms. The van der Waals surface area contributed by atoms with Gasteiger partial charge in [0.25, 0.3) is 0 Å². The highest BCUT2D eigenvalue weighted by Gasteiger charge is 2.22. The van der Waals surface area contributed by atoms with Crippen molar-refractivity contribution in [3.8, 4) is 11.5 Å². The predicted octanol–water partition coefficient (Wildman–Crippen LogP) is 2.34. The topological polar surface area (TPSA) is 73.2 Å². The van der Waals surface area contributed by atoms with Gasteiger partial charge in [-0.15, -0.1) is 0 Å². The zero-order valence-electron chi connectivity index (χ0n) is 11.1. The first-order valence-electron chi connectivity index (χ1n) is 6.49. The van der Waals surface area contributed by atoms with Gasteiger partial charge in [-0.3, -0.25) is 0 Å². The molecule has 1 aliphatic rings. The molecule has 0 bridgehead atoms. The van der Waals surface area contributed by atoms with E-state index in [9.17, 15) is 0 Å². The number of aromatic nitrogens is 2. The molecule has 1 atom stereocenters. The maximum atomic E-state index is 5.94. The Hall–Kier alpha value is -1.53. The zero-order chi connectivity index (χ0) is 14.1. The molecule has 106 valence electrons. The van der Waals surface area contributed by atoms with Crippen LogP contribution in [0.4, 0.5) is 0 Å². The largest absolute Gasteiger partial charge is 0.486 e. The van der Waals surface area contributed by atoms with Gasteiger partial charge in [0.05, 0.1) is 12.1 Å². The van der Waals surface area contributed by atoms with Crippen LogP contribution in [0.1, 0.15) is 22.9 Å². The molecule has 1 unspecified atom stereocenters. The fourth-order valence-corrected chi connectivity index (χ4v) is 2.76. The monoisotopic (exact) mass is 337 g/mol. The van der Waals surface area contributed by atoms with E-state index in [1.807, 2.05) is 19.1 Å². The van der Waals surface area contributed by atoms with Crippen LogP contribution in [0.3, 0.4) is 0 Å². The maximum absolute atomic E-state index is 5.94. The number of imidazole rings is 1. The maximum Gasteiger partial charge on any atom is 0.161 e. The molecule has 0 saturated heterocycles. The first-order chi connectivity index (χ1) is 9.69. The fourth-order valence-electron chi connectivity index (χ4n) is 2.46. The van der Waals surface area contributed by atoms with Gasteiger partial charge in [-0.25, -0.2) is 4.98 Å². The number of halogens is 1. The second kappa shape index (κ2) is 5.46. The van der Waals surface area contributed by atoms with Gasteiger partial charge >= 0.3 is 0 Å². The van der Waals surface area contributed by atoms with Crippen molar-refractivity contribution in [3.63, 3.8) is 0 Å². The molecule has 5 nitrogen and oxygen atoms in total. The van der Waals surface area contributed by atoms with E-state index in [0.29, 0.717) is 19.8 Å². The van der Waals surface area contributed by atoms with Gasteiger partial charge in [0.1, 0.15) is 23.6 Å². The third kappa shape index (κ3) is 2.41. The van der Waals surface area contributed by atoms with Crippen molar-refractivity contribution in [2.24, 2.45) is 5.73 Å². The Bertz CT molecular complexity index is 627. The highest BCUT2D eigenvalue weighted by molar-refractivity contribution is 9.10. The molecule has 1 aliphatic heterocycles. The third-order valence-corrected chi connectivity index (χ3v) is 3.84. The lowest BCUT2D eigenvalue weighted by Gasteiger charge is -2.22. The molecule has 0 amide bonds. The number of aryl methyl sites for hydroxylation is 1. The second-order valence-corrected chi connectivity index (χ2v) is 5.61. The molecule has 2 aromatic rings. The van der Waals surface area contributed by atoms with Crippen LogP contribution < -0.4 is 15.2 Å². The molecule has 20 heavy (non-hydrogen) atoms. The van der Waals surface area contributed by atoms with E-state index >= 15 is 0 Å². The quantitative estimate of drug-likeness (QED) is 0.901. The van der Waals surface area contributed by atoms with Gasteiger partial charge in [-0.2, -0.15) is 0 Å². The Labute approximate surface area is 125 Å². The zero-order valence-corrected chi connectivity index (χ0v) is 12.7. The van der Waals surface area contributed by atoms with Crippen LogP contribution in [0, 0.1) is 6.92 Å². The van der Waals surface area contributed by atoms with Crippen molar-refractivity contribution >= 4 is 15.9 Å². The van der Waals surface area contributed by atoms with Gasteiger partial charge in [0.15, 0.2) is 11.5 Å². The normalized spacial score (nSPS) is 15.2. The fraction of sp³-hybridized carbons (Fsp3) is 0.357. The minimum absolute atomic E-state index is 0.0112. The Balaban J connectivity index is 2.03. The average molecular weight is 338 g/mol. The molecule has 1 aromatic carbocycles. The van der Waals surface area contributed by atoms with Crippen molar-refractivity contribution in [3.05, 3.63) is 39.9 Å². The van der Waals surface area contributed by atoms with Gasteiger partial charge in [0.2, 0.25) is 0 Å². The summed E-state index contributed by atoms with van der Waals surface area (Å²) in [5, 5.41) is 0. The minimum atomic E-state index is 0.0112. The molecule has 0 saturated carbocycles. The van der Waals surface area contributed by atoms with E-state index in [1.54, 1.807) is 6.20 Å². The molecule has 3 rings (SSSR count). The number of benzene rings is 1. The summed E-state index contributed by atoms with van der Waals surface area (Å²) in [4.78, 5) is 7.55. The summed E-state index contributed by atoms with van der Waals surface area (Å²) in [6.45, 7) is 3.70. The van der Waals surface area contributed by atoms with Gasteiger partial charge in [-0.1, -0.05) is 0 Å². The average Bonchev–Trinajstić information content (AvgIpc) is 2.86. The molecule has 3 N–H and O–H groups in total. The van der Waals surface area contributed by atoms with E-state index < -0.39 is 0 Å². The minimum Gasteiger partial charge on any atom is -0.486 e. The number of rotatable bonds is 3. The molecule has 0 radical (unpaired) electrons. The number of hydrogen-bond donors (Lipinski definition) is 2. The standard InChI is InChI=1S/C14H16BrN3O2/c1-8-4-11-12(20-3-2-19-11)5-9(8)10(6-16)14-17-7-13(15)18-14/h4-5,7,10H,2-3,6,16H2,1H3,(H,17,18). The van der Waals surface area contributed by atoms with E-state index in [2.05, 4.69) is 25.9 Å². The van der Waals surface area contributed by atoms with Crippen LogP contribution in [-0.2, 0) is 0 Å². The Morgan fingerprint density at radius 3 is 2.65 bits per heavy atom. The van der Waals surface area contributed by atoms with Gasteiger partial charge in [0, 0.05) is 6.54 Å². The summed E-state index contributed by atoms with van der Waals surface area (Å²) in [5.41, 5.74) is 8.18. The molecule has 0 aliphatic carbocycles. The first kappa shape index (κ1) is 13.5. The van der Waals surface area contributed by atoms with Crippen molar-refractivity contribution < 1.29 is 9.47 Å². The van der Waals surface area contributed by atoms with Crippen LogP contribution in [0.15, 0.2) is 22.9 Å². The van der Waals surface area contributed by atoms with Crippen molar-refractivity contribution in [2.45, 2.75) is 12.8 Å². The van der Waals surface area contributed by atoms with Crippen LogP contribution in [0.2, 0.25) is 0 Å². The summed E-state index contributed by atoms with van der Waals surface area (Å²) in [5.74, 6) is 2.44. The summed E-state index contributed by atoms with van der Waals surface area (Å²) in [6.07, 6.45) is 1.74. The summed E-state index contributed by atoms with van der Waals surface area (Å²) >= 11 is 3.38. The van der Waals surface area contributed by atoms with E-state index in [-0.39, 0.29) is 5.92 Å². The van der Waals surface area contributed by atoms with Crippen LogP contribution in [0.25, 0.3) is 0 Å². The Morgan fingerprint density at radius 1 is 1.35 bits per heavy atom. The molecular weight excluding hydrogens is 322 g/mol. The summed E-state index contributed by atoms with van der Waals surface area (Å²) in [7, 11) is 0. The SMILES string of the molecule is Cc1cc2c(cc1C(CN)c1ncc(Br)[nH]1)OCCO2. The molecule has 2 heterocycles. The van der Waals surface area contributed by atoms with Gasteiger partial charge < -0.3 is 20.2 Å². The summed E-state index contributed by atoms with van der Waals surface area (Å²) in [6, 6.07) is 4.02. The molecule has 0 fully saturated rings. The number of hydrogen-bond acceptors (Lipinski definition) is 4. The molecule has 6 heteroatoms. The Morgan fingerprint density at radius 2 is 2.05 bits per heavy atom. The molecular formula is C14H16BrN3O2. The first-order valence-corrected chi connectivity index (χ1v) is 7.29. The number of fused-ring (bicyclic) bond motifs is 1. The number of aromatic amines is 1. The predicted molar refractivity (Wildman–Crippen MR) is 79.4 cm³/mol. The second-order valence-electron chi connectivity index (χ2n) is 4.76. The Kier molecular flexibility index (Phi) is 3.67. The van der Waals surface area contributed by atoms with Crippen LogP contribution in [-0.4, -0.2) is 29.7 Å². The number of nitrogens with zero attached hydrogens (tertiary/aromatic N) is 1. The van der Waals surface area contributed by atoms with Crippen molar-refractivity contribution in [1.82, 2.24) is 9.97 Å². The third-order valence-electron chi connectivity index (χ3n) is 3.44.